The van der Waals surface area contributed by atoms with Crippen LogP contribution >= 0.6 is 11.3 Å². The maximum atomic E-state index is 10.9. The van der Waals surface area contributed by atoms with Crippen molar-refractivity contribution in [3.63, 3.8) is 0 Å². The summed E-state index contributed by atoms with van der Waals surface area (Å²) >= 11 is 1.00. The van der Waals surface area contributed by atoms with Crippen molar-refractivity contribution in [2.24, 2.45) is 0 Å². The molecule has 0 aliphatic rings. The molecule has 0 radical (unpaired) electrons. The summed E-state index contributed by atoms with van der Waals surface area (Å²) in [5.74, 6) is -1.23. The number of aromatic nitrogens is 1. The number of nitrogens with zero attached hydrogens (tertiary/aromatic N) is 1. The number of unbranched alkanes of at least 4 members (excludes halogenated alkanes) is 1. The number of aromatic carboxylic acids is 1. The highest BCUT2D eigenvalue weighted by Crippen LogP contribution is 2.24. The van der Waals surface area contributed by atoms with Gasteiger partial charge in [0.15, 0.2) is 5.13 Å². The highest BCUT2D eigenvalue weighted by atomic mass is 32.1. The average molecular weight is 242 g/mol. The van der Waals surface area contributed by atoms with E-state index >= 15 is 0 Å². The van der Waals surface area contributed by atoms with E-state index in [1.54, 1.807) is 0 Å². The second kappa shape index (κ2) is 5.60. The molecule has 0 aliphatic carbocycles. The van der Waals surface area contributed by atoms with Crippen molar-refractivity contribution in [2.75, 3.05) is 5.32 Å². The van der Waals surface area contributed by atoms with Crippen LogP contribution in [-0.4, -0.2) is 22.0 Å². The Kier molecular flexibility index (Phi) is 4.42. The SMILES string of the molecule is CCCCc1nc(NC(C)=O)sc1C(=O)O. The summed E-state index contributed by atoms with van der Waals surface area (Å²) < 4.78 is 0. The summed E-state index contributed by atoms with van der Waals surface area (Å²) in [6, 6.07) is 0. The Morgan fingerprint density at radius 3 is 2.69 bits per heavy atom. The molecule has 0 atom stereocenters. The van der Waals surface area contributed by atoms with Crippen molar-refractivity contribution in [1.29, 1.82) is 0 Å². The van der Waals surface area contributed by atoms with E-state index in [0.29, 0.717) is 17.2 Å². The molecule has 1 amide bonds. The fourth-order valence-corrected chi connectivity index (χ4v) is 2.13. The van der Waals surface area contributed by atoms with Gasteiger partial charge in [0.05, 0.1) is 5.69 Å². The molecule has 2 N–H and O–H groups in total. The molecule has 1 aromatic heterocycles. The number of nitrogens with one attached hydrogen (secondary N) is 1. The highest BCUT2D eigenvalue weighted by molar-refractivity contribution is 7.17. The normalized spacial score (nSPS) is 10.1. The van der Waals surface area contributed by atoms with Crippen LogP contribution in [0.3, 0.4) is 0 Å². The molecule has 16 heavy (non-hydrogen) atoms. The molecular formula is C10H14N2O3S. The second-order valence-electron chi connectivity index (χ2n) is 3.38. The molecule has 0 aromatic carbocycles. The van der Waals surface area contributed by atoms with E-state index in [2.05, 4.69) is 10.3 Å². The van der Waals surface area contributed by atoms with E-state index in [4.69, 9.17) is 5.11 Å². The van der Waals surface area contributed by atoms with Gasteiger partial charge in [0.1, 0.15) is 4.88 Å². The first kappa shape index (κ1) is 12.6. The maximum Gasteiger partial charge on any atom is 0.347 e. The molecule has 0 saturated carbocycles. The number of hydrogen-bond donors (Lipinski definition) is 2. The van der Waals surface area contributed by atoms with Crippen LogP contribution in [0.5, 0.6) is 0 Å². The number of aryl methyl sites for hydroxylation is 1. The van der Waals surface area contributed by atoms with Crippen molar-refractivity contribution >= 4 is 28.3 Å². The van der Waals surface area contributed by atoms with Gasteiger partial charge in [0.25, 0.3) is 0 Å². The van der Waals surface area contributed by atoms with E-state index in [0.717, 1.165) is 24.2 Å². The van der Waals surface area contributed by atoms with Crippen LogP contribution < -0.4 is 5.32 Å². The molecule has 1 heterocycles. The Morgan fingerprint density at radius 1 is 1.50 bits per heavy atom. The lowest BCUT2D eigenvalue weighted by Gasteiger charge is -1.95. The molecule has 1 aromatic rings. The first-order valence-electron chi connectivity index (χ1n) is 5.05. The van der Waals surface area contributed by atoms with Crippen molar-refractivity contribution in [3.8, 4) is 0 Å². The minimum Gasteiger partial charge on any atom is -0.477 e. The Bertz CT molecular complexity index is 401. The van der Waals surface area contributed by atoms with Crippen LogP contribution in [0.2, 0.25) is 0 Å². The monoisotopic (exact) mass is 242 g/mol. The van der Waals surface area contributed by atoms with Gasteiger partial charge in [-0.25, -0.2) is 9.78 Å². The number of carbonyl (C=O) groups excluding carboxylic acids is 1. The topological polar surface area (TPSA) is 79.3 Å². The fourth-order valence-electron chi connectivity index (χ4n) is 1.24. The van der Waals surface area contributed by atoms with Crippen LogP contribution in [-0.2, 0) is 11.2 Å². The molecule has 0 aliphatic heterocycles. The predicted octanol–water partition coefficient (Wildman–Crippen LogP) is 2.14. The van der Waals surface area contributed by atoms with Crippen molar-refractivity contribution in [2.45, 2.75) is 33.1 Å². The molecule has 6 heteroatoms. The van der Waals surface area contributed by atoms with Gasteiger partial charge in [-0.2, -0.15) is 0 Å². The third-order valence-corrected chi connectivity index (χ3v) is 2.94. The summed E-state index contributed by atoms with van der Waals surface area (Å²) in [5.41, 5.74) is 0.558. The molecule has 0 saturated heterocycles. The minimum absolute atomic E-state index is 0.220. The van der Waals surface area contributed by atoms with E-state index in [9.17, 15) is 9.59 Å². The van der Waals surface area contributed by atoms with Crippen LogP contribution in [0.4, 0.5) is 5.13 Å². The van der Waals surface area contributed by atoms with Gasteiger partial charge in [0.2, 0.25) is 5.91 Å². The zero-order valence-electron chi connectivity index (χ0n) is 9.24. The largest absolute Gasteiger partial charge is 0.477 e. The molecule has 0 fully saturated rings. The zero-order valence-corrected chi connectivity index (χ0v) is 10.1. The van der Waals surface area contributed by atoms with Gasteiger partial charge in [-0.1, -0.05) is 24.7 Å². The van der Waals surface area contributed by atoms with Gasteiger partial charge in [0, 0.05) is 6.92 Å². The van der Waals surface area contributed by atoms with Gasteiger partial charge >= 0.3 is 5.97 Å². The van der Waals surface area contributed by atoms with Crippen LogP contribution in [0.1, 0.15) is 42.1 Å². The summed E-state index contributed by atoms with van der Waals surface area (Å²) in [6.07, 6.45) is 2.50. The van der Waals surface area contributed by atoms with E-state index in [1.807, 2.05) is 6.92 Å². The smallest absolute Gasteiger partial charge is 0.347 e. The van der Waals surface area contributed by atoms with Crippen molar-refractivity contribution in [3.05, 3.63) is 10.6 Å². The summed E-state index contributed by atoms with van der Waals surface area (Å²) in [6.45, 7) is 3.40. The second-order valence-corrected chi connectivity index (χ2v) is 4.38. The lowest BCUT2D eigenvalue weighted by Crippen LogP contribution is -2.05. The van der Waals surface area contributed by atoms with Crippen molar-refractivity contribution < 1.29 is 14.7 Å². The average Bonchev–Trinajstić information content (AvgIpc) is 2.57. The van der Waals surface area contributed by atoms with E-state index in [-0.39, 0.29) is 10.8 Å². The van der Waals surface area contributed by atoms with E-state index < -0.39 is 5.97 Å². The zero-order chi connectivity index (χ0) is 12.1. The van der Waals surface area contributed by atoms with Crippen LogP contribution in [0.15, 0.2) is 0 Å². The number of amides is 1. The molecule has 1 rings (SSSR count). The molecule has 0 bridgehead atoms. The predicted molar refractivity (Wildman–Crippen MR) is 62.0 cm³/mol. The molecule has 0 unspecified atom stereocenters. The van der Waals surface area contributed by atoms with E-state index in [1.165, 1.54) is 6.92 Å². The number of hydrogen-bond acceptors (Lipinski definition) is 4. The lowest BCUT2D eigenvalue weighted by atomic mass is 10.2. The third kappa shape index (κ3) is 3.30. The standard InChI is InChI=1S/C10H14N2O3S/c1-3-4-5-7-8(9(14)15)16-10(12-7)11-6(2)13/h3-5H2,1-2H3,(H,14,15)(H,11,12,13). The van der Waals surface area contributed by atoms with Crippen molar-refractivity contribution in [1.82, 2.24) is 4.98 Å². The summed E-state index contributed by atoms with van der Waals surface area (Å²) in [7, 11) is 0. The Labute approximate surface area is 97.5 Å². The quantitative estimate of drug-likeness (QED) is 0.829. The molecule has 88 valence electrons. The minimum atomic E-state index is -0.986. The Balaban J connectivity index is 2.90. The fraction of sp³-hybridized carbons (Fsp3) is 0.500. The first-order chi connectivity index (χ1) is 7.54. The number of thiazole rings is 1. The van der Waals surface area contributed by atoms with Gasteiger partial charge in [-0.05, 0) is 12.8 Å². The van der Waals surface area contributed by atoms with Gasteiger partial charge in [-0.3, -0.25) is 4.79 Å². The number of rotatable bonds is 5. The maximum absolute atomic E-state index is 10.9. The highest BCUT2D eigenvalue weighted by Gasteiger charge is 2.17. The first-order valence-corrected chi connectivity index (χ1v) is 5.86. The van der Waals surface area contributed by atoms with Gasteiger partial charge < -0.3 is 10.4 Å². The summed E-state index contributed by atoms with van der Waals surface area (Å²) in [5, 5.41) is 11.8. The number of carboxylic acids is 1. The van der Waals surface area contributed by atoms with Crippen LogP contribution in [0.25, 0.3) is 0 Å². The molecular weight excluding hydrogens is 228 g/mol. The lowest BCUT2D eigenvalue weighted by molar-refractivity contribution is -0.114. The Hall–Kier alpha value is -1.43. The molecule has 0 spiro atoms. The Morgan fingerprint density at radius 2 is 2.19 bits per heavy atom. The third-order valence-electron chi connectivity index (χ3n) is 1.94. The number of carbonyl (C=O) groups is 2. The molecule has 5 nitrogen and oxygen atoms in total. The summed E-state index contributed by atoms with van der Waals surface area (Å²) in [4.78, 5) is 26.1. The van der Waals surface area contributed by atoms with Gasteiger partial charge in [-0.15, -0.1) is 0 Å². The van der Waals surface area contributed by atoms with Crippen LogP contribution in [0, 0.1) is 0 Å². The number of carboxylic acid groups (broad SMARTS) is 1. The number of anilines is 1.